The molecule has 1 aromatic heterocycles. The third-order valence-electron chi connectivity index (χ3n) is 3.52. The molecular weight excluding hydrogens is 244 g/mol. The highest BCUT2D eigenvalue weighted by atomic mass is 32.1. The van der Waals surface area contributed by atoms with Crippen LogP contribution in [0, 0.1) is 5.41 Å². The Morgan fingerprint density at radius 2 is 2.17 bits per heavy atom. The van der Waals surface area contributed by atoms with Crippen molar-refractivity contribution in [3.63, 3.8) is 0 Å². The normalized spacial score (nSPS) is 24.8. The first-order valence-corrected chi connectivity index (χ1v) is 7.35. The highest BCUT2D eigenvalue weighted by Gasteiger charge is 2.35. The molecule has 5 heteroatoms. The molecule has 102 valence electrons. The third kappa shape index (κ3) is 2.83. The van der Waals surface area contributed by atoms with Crippen molar-refractivity contribution >= 4 is 16.7 Å². The van der Waals surface area contributed by atoms with E-state index in [0.29, 0.717) is 5.41 Å². The van der Waals surface area contributed by atoms with Crippen molar-refractivity contribution in [2.24, 2.45) is 5.41 Å². The van der Waals surface area contributed by atoms with Crippen molar-refractivity contribution in [1.29, 1.82) is 0 Å². The number of aromatic nitrogens is 2. The fourth-order valence-corrected chi connectivity index (χ4v) is 3.29. The monoisotopic (exact) mass is 268 g/mol. The number of nitrogens with zero attached hydrogens (tertiary/aromatic N) is 3. The lowest BCUT2D eigenvalue weighted by atomic mass is 9.90. The highest BCUT2D eigenvalue weighted by Crippen LogP contribution is 2.34. The average molecular weight is 268 g/mol. The van der Waals surface area contributed by atoms with Gasteiger partial charge in [0.05, 0.1) is 0 Å². The Bertz CT molecular complexity index is 409. The molecule has 0 radical (unpaired) electrons. The van der Waals surface area contributed by atoms with Gasteiger partial charge in [-0.25, -0.2) is 4.98 Å². The average Bonchev–Trinajstić information content (AvgIpc) is 2.83. The summed E-state index contributed by atoms with van der Waals surface area (Å²) in [4.78, 5) is 7.08. The standard InChI is InChI=1S/C13H24N4S/c1-12(2,3)10-15-11(18-16-10)17-7-6-13(4,9-17)8-14-5/h14H,6-9H2,1-5H3. The van der Waals surface area contributed by atoms with Crippen molar-refractivity contribution < 1.29 is 0 Å². The van der Waals surface area contributed by atoms with Gasteiger partial charge >= 0.3 is 0 Å². The lowest BCUT2D eigenvalue weighted by molar-refractivity contribution is 0.356. The molecule has 1 aliphatic rings. The summed E-state index contributed by atoms with van der Waals surface area (Å²) in [7, 11) is 2.02. The van der Waals surface area contributed by atoms with Gasteiger partial charge in [0.2, 0.25) is 5.13 Å². The van der Waals surface area contributed by atoms with Crippen LogP contribution in [0.2, 0.25) is 0 Å². The summed E-state index contributed by atoms with van der Waals surface area (Å²) in [6, 6.07) is 0. The van der Waals surface area contributed by atoms with Gasteiger partial charge < -0.3 is 10.2 Å². The van der Waals surface area contributed by atoms with Gasteiger partial charge in [0.15, 0.2) is 0 Å². The van der Waals surface area contributed by atoms with E-state index >= 15 is 0 Å². The second-order valence-corrected chi connectivity index (χ2v) is 7.39. The summed E-state index contributed by atoms with van der Waals surface area (Å²) in [6.45, 7) is 12.1. The SMILES string of the molecule is CNCC1(C)CCN(c2nc(C(C)(C)C)ns2)C1. The molecule has 1 aromatic rings. The smallest absolute Gasteiger partial charge is 0.205 e. The molecule has 0 amide bonds. The maximum Gasteiger partial charge on any atom is 0.205 e. The fraction of sp³-hybridized carbons (Fsp3) is 0.846. The zero-order valence-corrected chi connectivity index (χ0v) is 12.9. The summed E-state index contributed by atoms with van der Waals surface area (Å²) in [6.07, 6.45) is 1.22. The van der Waals surface area contributed by atoms with Gasteiger partial charge in [-0.2, -0.15) is 4.37 Å². The molecule has 18 heavy (non-hydrogen) atoms. The molecule has 0 bridgehead atoms. The highest BCUT2D eigenvalue weighted by molar-refractivity contribution is 7.09. The molecule has 0 saturated carbocycles. The molecule has 1 aliphatic heterocycles. The van der Waals surface area contributed by atoms with Crippen LogP contribution in [0.3, 0.4) is 0 Å². The second kappa shape index (κ2) is 4.78. The van der Waals surface area contributed by atoms with E-state index in [9.17, 15) is 0 Å². The Morgan fingerprint density at radius 3 is 2.72 bits per heavy atom. The largest absolute Gasteiger partial charge is 0.346 e. The van der Waals surface area contributed by atoms with E-state index in [1.165, 1.54) is 18.0 Å². The predicted octanol–water partition coefficient (Wildman–Crippen LogP) is 2.27. The van der Waals surface area contributed by atoms with Crippen LogP contribution in [0.1, 0.15) is 39.9 Å². The van der Waals surface area contributed by atoms with Crippen LogP contribution in [0.25, 0.3) is 0 Å². The Morgan fingerprint density at radius 1 is 1.44 bits per heavy atom. The quantitative estimate of drug-likeness (QED) is 0.913. The zero-order valence-electron chi connectivity index (χ0n) is 12.1. The van der Waals surface area contributed by atoms with Gasteiger partial charge in [0.1, 0.15) is 5.82 Å². The van der Waals surface area contributed by atoms with E-state index < -0.39 is 0 Å². The first kappa shape index (κ1) is 13.7. The van der Waals surface area contributed by atoms with Crippen molar-refractivity contribution in [2.45, 2.75) is 39.5 Å². The summed E-state index contributed by atoms with van der Waals surface area (Å²) in [5.74, 6) is 0.963. The zero-order chi connectivity index (χ0) is 13.4. The summed E-state index contributed by atoms with van der Waals surface area (Å²) < 4.78 is 4.50. The van der Waals surface area contributed by atoms with Gasteiger partial charge in [-0.15, -0.1) is 0 Å². The molecule has 0 aromatic carbocycles. The van der Waals surface area contributed by atoms with Crippen molar-refractivity contribution in [3.8, 4) is 0 Å². The van der Waals surface area contributed by atoms with Crippen molar-refractivity contribution in [3.05, 3.63) is 5.82 Å². The summed E-state index contributed by atoms with van der Waals surface area (Å²) >= 11 is 1.54. The summed E-state index contributed by atoms with van der Waals surface area (Å²) in [5, 5.41) is 4.38. The molecule has 0 spiro atoms. The first-order chi connectivity index (χ1) is 8.34. The van der Waals surface area contributed by atoms with E-state index in [4.69, 9.17) is 4.98 Å². The lowest BCUT2D eigenvalue weighted by Crippen LogP contribution is -2.33. The van der Waals surface area contributed by atoms with Gasteiger partial charge in [-0.05, 0) is 18.9 Å². The van der Waals surface area contributed by atoms with Crippen LogP contribution >= 0.6 is 11.5 Å². The van der Waals surface area contributed by atoms with Crippen LogP contribution in [0.5, 0.6) is 0 Å². The van der Waals surface area contributed by atoms with Gasteiger partial charge in [0, 0.05) is 36.6 Å². The van der Waals surface area contributed by atoms with Crippen LogP contribution in [0.15, 0.2) is 0 Å². The van der Waals surface area contributed by atoms with E-state index in [1.807, 2.05) is 7.05 Å². The van der Waals surface area contributed by atoms with Crippen LogP contribution in [-0.4, -0.2) is 36.0 Å². The lowest BCUT2D eigenvalue weighted by Gasteiger charge is -2.23. The number of nitrogens with one attached hydrogen (secondary N) is 1. The molecule has 1 saturated heterocycles. The Kier molecular flexibility index (Phi) is 3.65. The molecule has 1 atom stereocenters. The van der Waals surface area contributed by atoms with Gasteiger partial charge in [-0.3, -0.25) is 0 Å². The maximum absolute atomic E-state index is 4.70. The number of rotatable bonds is 3. The summed E-state index contributed by atoms with van der Waals surface area (Å²) in [5.41, 5.74) is 0.408. The minimum atomic E-state index is 0.0444. The molecule has 1 N–H and O–H groups in total. The molecule has 2 rings (SSSR count). The number of hydrogen-bond donors (Lipinski definition) is 1. The van der Waals surface area contributed by atoms with E-state index in [2.05, 4.69) is 42.3 Å². The van der Waals surface area contributed by atoms with Crippen molar-refractivity contribution in [1.82, 2.24) is 14.7 Å². The van der Waals surface area contributed by atoms with Crippen LogP contribution < -0.4 is 10.2 Å². The predicted molar refractivity (Wildman–Crippen MR) is 77.5 cm³/mol. The minimum Gasteiger partial charge on any atom is -0.346 e. The minimum absolute atomic E-state index is 0.0444. The van der Waals surface area contributed by atoms with E-state index in [-0.39, 0.29) is 5.41 Å². The third-order valence-corrected chi connectivity index (χ3v) is 4.30. The fourth-order valence-electron chi connectivity index (χ4n) is 2.41. The Labute approximate surface area is 114 Å². The number of hydrogen-bond acceptors (Lipinski definition) is 5. The van der Waals surface area contributed by atoms with Crippen molar-refractivity contribution in [2.75, 3.05) is 31.6 Å². The molecule has 0 aliphatic carbocycles. The maximum atomic E-state index is 4.70. The van der Waals surface area contributed by atoms with Gasteiger partial charge in [-0.1, -0.05) is 27.7 Å². The Balaban J connectivity index is 2.08. The Hall–Kier alpha value is -0.680. The molecule has 4 nitrogen and oxygen atoms in total. The first-order valence-electron chi connectivity index (χ1n) is 6.58. The molecule has 2 heterocycles. The topological polar surface area (TPSA) is 41.0 Å². The molecule has 1 unspecified atom stereocenters. The van der Waals surface area contributed by atoms with Crippen LogP contribution in [0.4, 0.5) is 5.13 Å². The number of anilines is 1. The molecule has 1 fully saturated rings. The van der Waals surface area contributed by atoms with E-state index in [0.717, 1.165) is 30.6 Å². The molecular formula is C13H24N4S. The van der Waals surface area contributed by atoms with Crippen LogP contribution in [-0.2, 0) is 5.41 Å². The van der Waals surface area contributed by atoms with Gasteiger partial charge in [0.25, 0.3) is 0 Å². The van der Waals surface area contributed by atoms with E-state index in [1.54, 1.807) is 0 Å². The second-order valence-electron chi connectivity index (χ2n) is 6.66.